The minimum atomic E-state index is -1.50. The molecule has 0 radical (unpaired) electrons. The second-order valence-electron chi connectivity index (χ2n) is 7.58. The monoisotopic (exact) mass is 408 g/mol. The lowest BCUT2D eigenvalue weighted by atomic mass is 9.96. The van der Waals surface area contributed by atoms with Crippen LogP contribution in [-0.4, -0.2) is 48.6 Å². The van der Waals surface area contributed by atoms with Crippen molar-refractivity contribution < 1.29 is 23.9 Å². The zero-order chi connectivity index (χ0) is 21.3. The summed E-state index contributed by atoms with van der Waals surface area (Å²) < 4.78 is 10.9. The molecule has 1 fully saturated rings. The van der Waals surface area contributed by atoms with Gasteiger partial charge in [-0.15, -0.1) is 0 Å². The van der Waals surface area contributed by atoms with Crippen LogP contribution in [0.4, 0.5) is 5.69 Å². The van der Waals surface area contributed by atoms with Crippen molar-refractivity contribution in [3.05, 3.63) is 65.2 Å². The van der Waals surface area contributed by atoms with Crippen LogP contribution in [0.3, 0.4) is 0 Å². The third-order valence-electron chi connectivity index (χ3n) is 5.67. The average molecular weight is 408 g/mol. The van der Waals surface area contributed by atoms with Crippen LogP contribution in [0.25, 0.3) is 0 Å². The highest BCUT2D eigenvalue weighted by Gasteiger charge is 2.61. The second-order valence-corrected chi connectivity index (χ2v) is 7.58. The number of hydrogen-bond acceptors (Lipinski definition) is 5. The molecule has 7 nitrogen and oxygen atoms in total. The number of aryl methyl sites for hydroxylation is 1. The van der Waals surface area contributed by atoms with E-state index in [4.69, 9.17) is 9.47 Å². The number of methoxy groups -OCH3 is 1. The Bertz CT molecular complexity index is 1000. The summed E-state index contributed by atoms with van der Waals surface area (Å²) >= 11 is 0. The molecule has 1 saturated heterocycles. The summed E-state index contributed by atoms with van der Waals surface area (Å²) in [6.45, 7) is 2.44. The fraction of sp³-hybridized carbons (Fsp3) is 0.348. The molecule has 2 aromatic carbocycles. The predicted octanol–water partition coefficient (Wildman–Crippen LogP) is 2.66. The van der Waals surface area contributed by atoms with Crippen molar-refractivity contribution in [2.24, 2.45) is 0 Å². The lowest BCUT2D eigenvalue weighted by Gasteiger charge is -2.48. The Morgan fingerprint density at radius 3 is 2.70 bits per heavy atom. The predicted molar refractivity (Wildman–Crippen MR) is 110 cm³/mol. The lowest BCUT2D eigenvalue weighted by Crippen LogP contribution is -2.68. The average Bonchev–Trinajstić information content (AvgIpc) is 3.10. The summed E-state index contributed by atoms with van der Waals surface area (Å²) in [5.74, 6) is -1.11. The maximum Gasteiger partial charge on any atom is 0.354 e. The van der Waals surface area contributed by atoms with Crippen LogP contribution in [0, 0.1) is 6.92 Å². The summed E-state index contributed by atoms with van der Waals surface area (Å²) in [4.78, 5) is 42.6. The molecule has 1 atom stereocenters. The number of para-hydroxylation sites is 1. The Morgan fingerprint density at radius 2 is 1.93 bits per heavy atom. The molecule has 0 spiro atoms. The van der Waals surface area contributed by atoms with Crippen molar-refractivity contribution in [2.75, 3.05) is 25.2 Å². The molecule has 2 heterocycles. The molecule has 0 N–H and O–H groups in total. The third kappa shape index (κ3) is 3.15. The zero-order valence-electron chi connectivity index (χ0n) is 17.1. The molecule has 30 heavy (non-hydrogen) atoms. The van der Waals surface area contributed by atoms with E-state index in [0.29, 0.717) is 11.3 Å². The van der Waals surface area contributed by atoms with Gasteiger partial charge in [0.25, 0.3) is 5.91 Å². The topological polar surface area (TPSA) is 76.2 Å². The maximum atomic E-state index is 13.5. The summed E-state index contributed by atoms with van der Waals surface area (Å²) in [7, 11) is 1.53. The van der Waals surface area contributed by atoms with E-state index in [9.17, 15) is 14.4 Å². The second kappa shape index (κ2) is 7.91. The van der Waals surface area contributed by atoms with Crippen molar-refractivity contribution in [3.8, 4) is 0 Å². The first kappa shape index (κ1) is 20.1. The zero-order valence-corrected chi connectivity index (χ0v) is 17.1. The first-order valence-corrected chi connectivity index (χ1v) is 9.95. The number of amides is 2. The number of carbonyl (C=O) groups excluding carboxylic acids is 3. The maximum absolute atomic E-state index is 13.5. The van der Waals surface area contributed by atoms with Gasteiger partial charge in [0, 0.05) is 26.5 Å². The Hall–Kier alpha value is -3.19. The molecular weight excluding hydrogens is 384 g/mol. The van der Waals surface area contributed by atoms with Crippen LogP contribution in [0.1, 0.15) is 34.3 Å². The van der Waals surface area contributed by atoms with Crippen molar-refractivity contribution >= 4 is 23.5 Å². The molecule has 2 aliphatic rings. The van der Waals surface area contributed by atoms with E-state index in [1.807, 2.05) is 31.2 Å². The van der Waals surface area contributed by atoms with Crippen LogP contribution >= 0.6 is 0 Å². The Morgan fingerprint density at radius 1 is 1.13 bits per heavy atom. The van der Waals surface area contributed by atoms with Crippen LogP contribution in [0.2, 0.25) is 0 Å². The number of carbonyl (C=O) groups is 3. The van der Waals surface area contributed by atoms with Gasteiger partial charge < -0.3 is 14.4 Å². The van der Waals surface area contributed by atoms with E-state index in [0.717, 1.165) is 11.1 Å². The molecule has 2 aliphatic heterocycles. The molecule has 2 aromatic rings. The number of rotatable bonds is 6. The van der Waals surface area contributed by atoms with Gasteiger partial charge in [-0.25, -0.2) is 4.79 Å². The van der Waals surface area contributed by atoms with Gasteiger partial charge in [-0.1, -0.05) is 42.0 Å². The molecule has 4 rings (SSSR count). The number of esters is 1. The Labute approximate surface area is 175 Å². The lowest BCUT2D eigenvalue weighted by molar-refractivity contribution is -0.159. The van der Waals surface area contributed by atoms with Gasteiger partial charge in [-0.2, -0.15) is 0 Å². The Kier molecular flexibility index (Phi) is 5.30. The quantitative estimate of drug-likeness (QED) is 0.687. The largest absolute Gasteiger partial charge is 0.458 e. The highest BCUT2D eigenvalue weighted by molar-refractivity contribution is 6.15. The van der Waals surface area contributed by atoms with E-state index < -0.39 is 11.6 Å². The summed E-state index contributed by atoms with van der Waals surface area (Å²) in [5.41, 5.74) is 1.26. The number of benzene rings is 2. The number of anilines is 1. The molecule has 0 aromatic heterocycles. The van der Waals surface area contributed by atoms with E-state index >= 15 is 0 Å². The van der Waals surface area contributed by atoms with E-state index in [1.54, 1.807) is 24.3 Å². The minimum absolute atomic E-state index is 0.0677. The van der Waals surface area contributed by atoms with Crippen LogP contribution < -0.4 is 4.90 Å². The van der Waals surface area contributed by atoms with Crippen LogP contribution in [0.15, 0.2) is 48.5 Å². The van der Waals surface area contributed by atoms with Crippen molar-refractivity contribution in [1.82, 2.24) is 4.90 Å². The highest BCUT2D eigenvalue weighted by Crippen LogP contribution is 2.45. The van der Waals surface area contributed by atoms with Gasteiger partial charge in [0.05, 0.1) is 17.9 Å². The van der Waals surface area contributed by atoms with E-state index in [-0.39, 0.29) is 44.4 Å². The Balaban J connectivity index is 1.73. The molecule has 7 heteroatoms. The highest BCUT2D eigenvalue weighted by atomic mass is 16.5. The fourth-order valence-corrected chi connectivity index (χ4v) is 4.30. The fourth-order valence-electron chi connectivity index (χ4n) is 4.30. The van der Waals surface area contributed by atoms with Crippen LogP contribution in [-0.2, 0) is 25.7 Å². The smallest absolute Gasteiger partial charge is 0.354 e. The summed E-state index contributed by atoms with van der Waals surface area (Å²) in [5, 5.41) is 0. The van der Waals surface area contributed by atoms with Crippen molar-refractivity contribution in [2.45, 2.75) is 32.0 Å². The molecule has 0 aliphatic carbocycles. The summed E-state index contributed by atoms with van der Waals surface area (Å²) in [6, 6.07) is 14.5. The molecule has 0 saturated carbocycles. The number of hydrogen-bond donors (Lipinski definition) is 0. The SMILES string of the molecule is COCCN1C(=O)c2ccccc2N2C(=O)CC[C@@]12C(=O)OCc1cccc(C)c1. The third-order valence-corrected chi connectivity index (χ3v) is 5.67. The minimum Gasteiger partial charge on any atom is -0.458 e. The van der Waals surface area contributed by atoms with Gasteiger partial charge in [0.2, 0.25) is 11.6 Å². The van der Waals surface area contributed by atoms with Crippen molar-refractivity contribution in [1.29, 1.82) is 0 Å². The van der Waals surface area contributed by atoms with Gasteiger partial charge in [0.15, 0.2) is 0 Å². The van der Waals surface area contributed by atoms with Gasteiger partial charge in [0.1, 0.15) is 6.61 Å². The molecule has 156 valence electrons. The molecule has 2 amide bonds. The molecule has 0 unspecified atom stereocenters. The summed E-state index contributed by atoms with van der Waals surface area (Å²) in [6.07, 6.45) is 0.340. The first-order chi connectivity index (χ1) is 14.5. The van der Waals surface area contributed by atoms with Gasteiger partial charge >= 0.3 is 5.97 Å². The normalized spacial score (nSPS) is 20.2. The first-order valence-electron chi connectivity index (χ1n) is 9.95. The molecule has 0 bridgehead atoms. The standard InChI is InChI=1S/C23H24N2O5/c1-16-6-5-7-17(14-16)15-30-22(28)23-11-10-20(26)25(23)19-9-4-3-8-18(19)21(27)24(23)12-13-29-2/h3-9,14H,10-13,15H2,1-2H3/t23-/m1/s1. The van der Waals surface area contributed by atoms with Gasteiger partial charge in [-0.3, -0.25) is 14.5 Å². The number of nitrogens with zero attached hydrogens (tertiary/aromatic N) is 2. The van der Waals surface area contributed by atoms with E-state index in [2.05, 4.69) is 0 Å². The molecular formula is C23H24N2O5. The number of ether oxygens (including phenoxy) is 2. The van der Waals surface area contributed by atoms with Crippen LogP contribution in [0.5, 0.6) is 0 Å². The van der Waals surface area contributed by atoms with Crippen molar-refractivity contribution in [3.63, 3.8) is 0 Å². The van der Waals surface area contributed by atoms with Gasteiger partial charge in [-0.05, 0) is 24.6 Å². The van der Waals surface area contributed by atoms with E-state index in [1.165, 1.54) is 16.9 Å². The number of fused-ring (bicyclic) bond motifs is 3.